The second-order valence-corrected chi connectivity index (χ2v) is 12.9. The summed E-state index contributed by atoms with van der Waals surface area (Å²) >= 11 is 0. The van der Waals surface area contributed by atoms with E-state index in [1.165, 1.54) is 4.90 Å². The third-order valence-corrected chi connectivity index (χ3v) is 9.20. The smallest absolute Gasteiger partial charge is 0.313 e. The fourth-order valence-electron chi connectivity index (χ4n) is 7.06. The van der Waals surface area contributed by atoms with Crippen LogP contribution in [0.3, 0.4) is 0 Å². The minimum Gasteiger partial charge on any atom is -0.455 e. The van der Waals surface area contributed by atoms with Crippen molar-refractivity contribution in [1.29, 1.82) is 0 Å². The van der Waals surface area contributed by atoms with Gasteiger partial charge < -0.3 is 29.7 Å². The molecule has 7 atom stereocenters. The van der Waals surface area contributed by atoms with E-state index >= 15 is 0 Å². The van der Waals surface area contributed by atoms with Crippen LogP contribution < -0.4 is 5.32 Å². The van der Waals surface area contributed by atoms with Gasteiger partial charge in [0.1, 0.15) is 17.7 Å². The standard InChI is InChI=1S/C34H47N3O7/c1-7-10-16-26(39)35-20-25(22-14-12-11-13-15-22)43-32(42)27-24-17-18-34(44-24)28(27)30(40)37(23(9-3)21-38)29(34)31(41)36(19-8-2)33(4,5)6/h7-8,11-15,23-25,27-29,38H,1-2,9-10,16-21H2,3-6H3,(H,35,39)/t23-,24-,25-,27+,28+,29-,34+/m0/s1. The number of hydrogen-bond acceptors (Lipinski definition) is 7. The number of carbonyl (C=O) groups is 4. The summed E-state index contributed by atoms with van der Waals surface area (Å²) in [4.78, 5) is 58.3. The zero-order valence-electron chi connectivity index (χ0n) is 26.4. The number of aliphatic hydroxyl groups is 1. The Labute approximate surface area is 260 Å². The van der Waals surface area contributed by atoms with Gasteiger partial charge in [-0.15, -0.1) is 13.2 Å². The molecular weight excluding hydrogens is 562 g/mol. The molecule has 240 valence electrons. The summed E-state index contributed by atoms with van der Waals surface area (Å²) < 4.78 is 12.6. The van der Waals surface area contributed by atoms with Gasteiger partial charge in [-0.25, -0.2) is 0 Å². The topological polar surface area (TPSA) is 125 Å². The number of carbonyl (C=O) groups excluding carboxylic acids is 4. The third kappa shape index (κ3) is 6.19. The summed E-state index contributed by atoms with van der Waals surface area (Å²) in [6.45, 7) is 15.1. The maximum Gasteiger partial charge on any atom is 0.313 e. The first-order valence-corrected chi connectivity index (χ1v) is 15.6. The summed E-state index contributed by atoms with van der Waals surface area (Å²) in [7, 11) is 0. The number of esters is 1. The van der Waals surface area contributed by atoms with E-state index in [0.717, 1.165) is 0 Å². The first-order valence-electron chi connectivity index (χ1n) is 15.6. The molecule has 3 amide bonds. The van der Waals surface area contributed by atoms with Crippen LogP contribution in [0.25, 0.3) is 0 Å². The number of fused-ring (bicyclic) bond motifs is 1. The molecule has 10 nitrogen and oxygen atoms in total. The molecule has 3 aliphatic heterocycles. The minimum atomic E-state index is -1.23. The van der Waals surface area contributed by atoms with Crippen LogP contribution in [-0.2, 0) is 28.7 Å². The van der Waals surface area contributed by atoms with Crippen molar-refractivity contribution < 1.29 is 33.8 Å². The normalized spacial score (nSPS) is 26.9. The van der Waals surface area contributed by atoms with Gasteiger partial charge in [-0.2, -0.15) is 0 Å². The van der Waals surface area contributed by atoms with E-state index in [1.54, 1.807) is 17.1 Å². The first kappa shape index (κ1) is 33.4. The summed E-state index contributed by atoms with van der Waals surface area (Å²) in [6.07, 6.45) is 4.06. The van der Waals surface area contributed by atoms with Gasteiger partial charge in [0.15, 0.2) is 0 Å². The Bertz CT molecular complexity index is 1240. The molecule has 3 saturated heterocycles. The number of aliphatic hydroxyl groups excluding tert-OH is 1. The lowest BCUT2D eigenvalue weighted by atomic mass is 9.70. The molecule has 0 aliphatic carbocycles. The van der Waals surface area contributed by atoms with Crippen molar-refractivity contribution in [2.45, 2.75) is 95.2 Å². The van der Waals surface area contributed by atoms with Crippen molar-refractivity contribution in [3.05, 3.63) is 61.2 Å². The highest BCUT2D eigenvalue weighted by Gasteiger charge is 2.75. The second kappa shape index (κ2) is 13.6. The molecule has 1 aromatic rings. The number of rotatable bonds is 14. The van der Waals surface area contributed by atoms with E-state index in [0.29, 0.717) is 31.2 Å². The molecular formula is C34H47N3O7. The molecule has 1 spiro atoms. The van der Waals surface area contributed by atoms with Crippen LogP contribution in [0.4, 0.5) is 0 Å². The molecule has 0 saturated carbocycles. The molecule has 3 aliphatic rings. The monoisotopic (exact) mass is 609 g/mol. The van der Waals surface area contributed by atoms with Gasteiger partial charge in [0.05, 0.1) is 37.1 Å². The molecule has 4 rings (SSSR count). The predicted molar refractivity (Wildman–Crippen MR) is 165 cm³/mol. The average molecular weight is 610 g/mol. The van der Waals surface area contributed by atoms with Crippen molar-refractivity contribution in [3.8, 4) is 0 Å². The number of nitrogens with zero attached hydrogens (tertiary/aromatic N) is 2. The van der Waals surface area contributed by atoms with Gasteiger partial charge in [-0.3, -0.25) is 19.2 Å². The van der Waals surface area contributed by atoms with Gasteiger partial charge in [0.2, 0.25) is 17.7 Å². The van der Waals surface area contributed by atoms with Crippen LogP contribution in [0.2, 0.25) is 0 Å². The van der Waals surface area contributed by atoms with Crippen LogP contribution in [-0.4, -0.2) is 87.6 Å². The van der Waals surface area contributed by atoms with Gasteiger partial charge in [-0.1, -0.05) is 49.4 Å². The average Bonchev–Trinajstić information content (AvgIpc) is 3.64. The summed E-state index contributed by atoms with van der Waals surface area (Å²) in [6, 6.07) is 7.50. The Morgan fingerprint density at radius 3 is 2.52 bits per heavy atom. The Hall–Kier alpha value is -3.50. The minimum absolute atomic E-state index is 0.0610. The largest absolute Gasteiger partial charge is 0.455 e. The number of amides is 3. The second-order valence-electron chi connectivity index (χ2n) is 12.9. The number of nitrogens with one attached hydrogen (secondary N) is 1. The van der Waals surface area contributed by atoms with E-state index < -0.39 is 53.2 Å². The highest BCUT2D eigenvalue weighted by Crippen LogP contribution is 2.59. The molecule has 0 radical (unpaired) electrons. The number of likely N-dealkylation sites (tertiary alicyclic amines) is 1. The van der Waals surface area contributed by atoms with E-state index in [1.807, 2.05) is 58.0 Å². The Kier molecular flexibility index (Phi) is 10.4. The van der Waals surface area contributed by atoms with Crippen molar-refractivity contribution in [3.63, 3.8) is 0 Å². The van der Waals surface area contributed by atoms with Crippen LogP contribution in [0.15, 0.2) is 55.6 Å². The number of benzene rings is 1. The molecule has 2 bridgehead atoms. The van der Waals surface area contributed by atoms with E-state index in [9.17, 15) is 24.3 Å². The fourth-order valence-corrected chi connectivity index (χ4v) is 7.06. The van der Waals surface area contributed by atoms with Crippen molar-refractivity contribution in [2.24, 2.45) is 11.8 Å². The zero-order valence-corrected chi connectivity index (χ0v) is 26.4. The molecule has 2 N–H and O–H groups in total. The molecule has 3 heterocycles. The lowest BCUT2D eigenvalue weighted by Gasteiger charge is -2.43. The molecule has 1 aromatic carbocycles. The van der Waals surface area contributed by atoms with Gasteiger partial charge in [0, 0.05) is 18.5 Å². The summed E-state index contributed by atoms with van der Waals surface area (Å²) in [5.74, 6) is -3.34. The van der Waals surface area contributed by atoms with E-state index in [-0.39, 0.29) is 43.8 Å². The summed E-state index contributed by atoms with van der Waals surface area (Å²) in [5.41, 5.74) is -1.10. The summed E-state index contributed by atoms with van der Waals surface area (Å²) in [5, 5.41) is 13.1. The number of allylic oxidation sites excluding steroid dienone is 1. The number of ether oxygens (including phenoxy) is 2. The van der Waals surface area contributed by atoms with Gasteiger partial charge in [0.25, 0.3) is 0 Å². The van der Waals surface area contributed by atoms with Crippen LogP contribution >= 0.6 is 0 Å². The van der Waals surface area contributed by atoms with E-state index in [4.69, 9.17) is 9.47 Å². The molecule has 44 heavy (non-hydrogen) atoms. The Balaban J connectivity index is 1.67. The third-order valence-electron chi connectivity index (χ3n) is 9.20. The maximum absolute atomic E-state index is 14.4. The fraction of sp³-hybridized carbons (Fsp3) is 0.588. The van der Waals surface area contributed by atoms with Crippen molar-refractivity contribution in [1.82, 2.24) is 15.1 Å². The SMILES string of the molecule is C=CCCC(=O)NC[C@H](OC(=O)[C@@H]1[C@@H]2CC[C@]3(O2)[C@H](C(=O)N(CC=C)C(C)(C)C)N([C@@H](CC)CO)C(=O)[C@@H]13)c1ccccc1. The molecule has 0 aromatic heterocycles. The van der Waals surface area contributed by atoms with Crippen LogP contribution in [0.1, 0.15) is 71.5 Å². The van der Waals surface area contributed by atoms with Crippen molar-refractivity contribution in [2.75, 3.05) is 19.7 Å². The highest BCUT2D eigenvalue weighted by molar-refractivity contribution is 5.98. The molecule has 3 fully saturated rings. The van der Waals surface area contributed by atoms with Gasteiger partial charge >= 0.3 is 5.97 Å². The molecule has 10 heteroatoms. The molecule has 0 unspecified atom stereocenters. The van der Waals surface area contributed by atoms with E-state index in [2.05, 4.69) is 18.5 Å². The van der Waals surface area contributed by atoms with Gasteiger partial charge in [-0.05, 0) is 52.0 Å². The highest BCUT2D eigenvalue weighted by atomic mass is 16.6. The lowest BCUT2D eigenvalue weighted by molar-refractivity contribution is -0.161. The predicted octanol–water partition coefficient (Wildman–Crippen LogP) is 3.31. The first-order chi connectivity index (χ1) is 20.9. The zero-order chi connectivity index (χ0) is 32.2. The lowest BCUT2D eigenvalue weighted by Crippen LogP contribution is -2.61. The van der Waals surface area contributed by atoms with Crippen molar-refractivity contribution >= 4 is 23.7 Å². The Morgan fingerprint density at radius 2 is 1.93 bits per heavy atom. The number of hydrogen-bond donors (Lipinski definition) is 2. The quantitative estimate of drug-likeness (QED) is 0.245. The maximum atomic E-state index is 14.4. The Morgan fingerprint density at radius 1 is 1.23 bits per heavy atom. The van der Waals surface area contributed by atoms with Crippen LogP contribution in [0.5, 0.6) is 0 Å². The van der Waals surface area contributed by atoms with Crippen LogP contribution in [0, 0.1) is 11.8 Å².